The van der Waals surface area contributed by atoms with Gasteiger partial charge in [0.05, 0.1) is 19.3 Å². The predicted octanol–water partition coefficient (Wildman–Crippen LogP) is 2.78. The number of rotatable bonds is 8. The van der Waals surface area contributed by atoms with E-state index in [4.69, 9.17) is 9.47 Å². The van der Waals surface area contributed by atoms with Crippen LogP contribution >= 0.6 is 0 Å². The van der Waals surface area contributed by atoms with E-state index in [9.17, 15) is 0 Å². The molecule has 0 aliphatic carbocycles. The van der Waals surface area contributed by atoms with Crippen LogP contribution in [0.3, 0.4) is 0 Å². The van der Waals surface area contributed by atoms with E-state index in [1.54, 1.807) is 0 Å². The number of hydrogen-bond acceptors (Lipinski definition) is 3. The van der Waals surface area contributed by atoms with Crippen molar-refractivity contribution in [3.63, 3.8) is 0 Å². The minimum Gasteiger partial charge on any atom is -0.381 e. The van der Waals surface area contributed by atoms with Gasteiger partial charge in [0, 0.05) is 19.1 Å². The molecule has 1 saturated heterocycles. The summed E-state index contributed by atoms with van der Waals surface area (Å²) >= 11 is 0. The molecule has 106 valence electrons. The largest absolute Gasteiger partial charge is 0.381 e. The summed E-state index contributed by atoms with van der Waals surface area (Å²) in [5.74, 6) is 0.567. The third-order valence-electron chi connectivity index (χ3n) is 3.48. The minimum absolute atomic E-state index is 0.147. The van der Waals surface area contributed by atoms with Gasteiger partial charge in [0.1, 0.15) is 0 Å². The summed E-state index contributed by atoms with van der Waals surface area (Å²) in [6.45, 7) is 6.64. The van der Waals surface area contributed by atoms with E-state index < -0.39 is 0 Å². The summed E-state index contributed by atoms with van der Waals surface area (Å²) in [6.07, 6.45) is 2.43. The molecule has 19 heavy (non-hydrogen) atoms. The fourth-order valence-electron chi connectivity index (χ4n) is 2.32. The van der Waals surface area contributed by atoms with Crippen LogP contribution in [0.15, 0.2) is 30.3 Å². The van der Waals surface area contributed by atoms with Crippen molar-refractivity contribution in [2.75, 3.05) is 32.9 Å². The molecule has 2 rings (SSSR count). The van der Waals surface area contributed by atoms with E-state index in [1.807, 2.05) is 6.07 Å². The maximum absolute atomic E-state index is 6.12. The zero-order valence-corrected chi connectivity index (χ0v) is 11.8. The van der Waals surface area contributed by atoms with E-state index in [1.165, 1.54) is 5.56 Å². The molecule has 0 amide bonds. The average Bonchev–Trinajstić information content (AvgIpc) is 2.97. The number of benzene rings is 1. The number of hydrogen-bond donors (Lipinski definition) is 1. The zero-order chi connectivity index (χ0) is 13.3. The van der Waals surface area contributed by atoms with Gasteiger partial charge in [0.2, 0.25) is 0 Å². The lowest BCUT2D eigenvalue weighted by atomic mass is 10.1. The molecular formula is C16H25NO2. The monoisotopic (exact) mass is 263 g/mol. The van der Waals surface area contributed by atoms with Gasteiger partial charge in [-0.1, -0.05) is 37.3 Å². The Kier molecular flexibility index (Phi) is 6.34. The highest BCUT2D eigenvalue weighted by molar-refractivity contribution is 5.17. The van der Waals surface area contributed by atoms with Crippen LogP contribution in [-0.2, 0) is 9.47 Å². The van der Waals surface area contributed by atoms with Gasteiger partial charge in [-0.2, -0.15) is 0 Å². The number of ether oxygens (including phenoxy) is 2. The van der Waals surface area contributed by atoms with Crippen LogP contribution < -0.4 is 5.32 Å². The first-order chi connectivity index (χ1) is 9.40. The first-order valence-electron chi connectivity index (χ1n) is 7.35. The summed E-state index contributed by atoms with van der Waals surface area (Å²) < 4.78 is 11.5. The van der Waals surface area contributed by atoms with E-state index >= 15 is 0 Å². The average molecular weight is 263 g/mol. The van der Waals surface area contributed by atoms with E-state index in [0.29, 0.717) is 5.92 Å². The van der Waals surface area contributed by atoms with Crippen molar-refractivity contribution in [3.8, 4) is 0 Å². The molecular weight excluding hydrogens is 238 g/mol. The molecule has 1 aliphatic rings. The molecule has 3 heteroatoms. The van der Waals surface area contributed by atoms with Gasteiger partial charge in [0.25, 0.3) is 0 Å². The highest BCUT2D eigenvalue weighted by atomic mass is 16.5. The van der Waals surface area contributed by atoms with Gasteiger partial charge in [-0.05, 0) is 24.9 Å². The molecule has 0 bridgehead atoms. The second kappa shape index (κ2) is 8.31. The molecule has 2 unspecified atom stereocenters. The Morgan fingerprint density at radius 2 is 2.21 bits per heavy atom. The molecule has 1 N–H and O–H groups in total. The third-order valence-corrected chi connectivity index (χ3v) is 3.48. The summed E-state index contributed by atoms with van der Waals surface area (Å²) in [7, 11) is 0. The first kappa shape index (κ1) is 14.5. The Morgan fingerprint density at radius 3 is 2.89 bits per heavy atom. The lowest BCUT2D eigenvalue weighted by Gasteiger charge is -2.20. The molecule has 0 saturated carbocycles. The lowest BCUT2D eigenvalue weighted by molar-refractivity contribution is 0.0255. The molecule has 1 aromatic carbocycles. The molecule has 0 radical (unpaired) electrons. The smallest absolute Gasteiger partial charge is 0.0949 e. The van der Waals surface area contributed by atoms with Gasteiger partial charge in [0.15, 0.2) is 0 Å². The molecule has 0 spiro atoms. The second-order valence-corrected chi connectivity index (χ2v) is 5.17. The van der Waals surface area contributed by atoms with Crippen molar-refractivity contribution >= 4 is 0 Å². The van der Waals surface area contributed by atoms with Gasteiger partial charge >= 0.3 is 0 Å². The first-order valence-corrected chi connectivity index (χ1v) is 7.35. The van der Waals surface area contributed by atoms with Gasteiger partial charge in [-0.3, -0.25) is 0 Å². The Bertz CT molecular complexity index is 336. The molecule has 1 fully saturated rings. The van der Waals surface area contributed by atoms with Gasteiger partial charge in [-0.15, -0.1) is 0 Å². The van der Waals surface area contributed by atoms with Crippen molar-refractivity contribution < 1.29 is 9.47 Å². The Labute approximate surface area is 116 Å². The maximum Gasteiger partial charge on any atom is 0.0949 e. The molecule has 0 aromatic heterocycles. The summed E-state index contributed by atoms with van der Waals surface area (Å²) in [6, 6.07) is 10.5. The minimum atomic E-state index is 0.147. The topological polar surface area (TPSA) is 30.5 Å². The van der Waals surface area contributed by atoms with Crippen LogP contribution in [0.25, 0.3) is 0 Å². The SMILES string of the molecule is CCCNCC(OCC1CCOC1)c1ccccc1. The van der Waals surface area contributed by atoms with Crippen LogP contribution in [0.4, 0.5) is 0 Å². The van der Waals surface area contributed by atoms with Crippen molar-refractivity contribution in [1.29, 1.82) is 0 Å². The molecule has 3 nitrogen and oxygen atoms in total. The molecule has 2 atom stereocenters. The quantitative estimate of drug-likeness (QED) is 0.732. The van der Waals surface area contributed by atoms with Crippen LogP contribution in [0.1, 0.15) is 31.4 Å². The maximum atomic E-state index is 6.12. The van der Waals surface area contributed by atoms with Crippen LogP contribution in [0, 0.1) is 5.92 Å². The Hall–Kier alpha value is -0.900. The molecule has 1 heterocycles. The summed E-state index contributed by atoms with van der Waals surface area (Å²) in [4.78, 5) is 0. The Balaban J connectivity index is 1.85. The fourth-order valence-corrected chi connectivity index (χ4v) is 2.32. The van der Waals surface area contributed by atoms with E-state index in [0.717, 1.165) is 45.8 Å². The van der Waals surface area contributed by atoms with E-state index in [-0.39, 0.29) is 6.10 Å². The van der Waals surface area contributed by atoms with Gasteiger partial charge in [-0.25, -0.2) is 0 Å². The zero-order valence-electron chi connectivity index (χ0n) is 11.8. The van der Waals surface area contributed by atoms with Crippen LogP contribution in [-0.4, -0.2) is 32.9 Å². The Morgan fingerprint density at radius 1 is 1.37 bits per heavy atom. The van der Waals surface area contributed by atoms with Crippen molar-refractivity contribution in [3.05, 3.63) is 35.9 Å². The van der Waals surface area contributed by atoms with Crippen LogP contribution in [0.2, 0.25) is 0 Å². The van der Waals surface area contributed by atoms with Crippen molar-refractivity contribution in [1.82, 2.24) is 5.32 Å². The highest BCUT2D eigenvalue weighted by Crippen LogP contribution is 2.20. The summed E-state index contributed by atoms with van der Waals surface area (Å²) in [5, 5.41) is 3.45. The summed E-state index contributed by atoms with van der Waals surface area (Å²) in [5.41, 5.74) is 1.25. The third kappa shape index (κ3) is 4.94. The standard InChI is InChI=1S/C16H25NO2/c1-2-9-17-11-16(15-6-4-3-5-7-15)19-13-14-8-10-18-12-14/h3-7,14,16-17H,2,8-13H2,1H3. The fraction of sp³-hybridized carbons (Fsp3) is 0.625. The highest BCUT2D eigenvalue weighted by Gasteiger charge is 2.19. The number of nitrogens with one attached hydrogen (secondary N) is 1. The van der Waals surface area contributed by atoms with E-state index in [2.05, 4.69) is 36.5 Å². The molecule has 1 aliphatic heterocycles. The van der Waals surface area contributed by atoms with Gasteiger partial charge < -0.3 is 14.8 Å². The van der Waals surface area contributed by atoms with Crippen LogP contribution in [0.5, 0.6) is 0 Å². The second-order valence-electron chi connectivity index (χ2n) is 5.17. The lowest BCUT2D eigenvalue weighted by Crippen LogP contribution is -2.25. The predicted molar refractivity (Wildman–Crippen MR) is 77.2 cm³/mol. The normalized spacial score (nSPS) is 20.6. The van der Waals surface area contributed by atoms with Crippen molar-refractivity contribution in [2.24, 2.45) is 5.92 Å². The molecule has 1 aromatic rings. The van der Waals surface area contributed by atoms with Crippen molar-refractivity contribution in [2.45, 2.75) is 25.9 Å².